The quantitative estimate of drug-likeness (QED) is 0.384. The van der Waals surface area contributed by atoms with Crippen LogP contribution in [0.2, 0.25) is 0 Å². The first kappa shape index (κ1) is 22.4. The van der Waals surface area contributed by atoms with E-state index < -0.39 is 11.6 Å². The molecule has 1 aliphatic rings. The molecule has 0 N–H and O–H groups in total. The molecule has 0 aliphatic carbocycles. The van der Waals surface area contributed by atoms with Crippen molar-refractivity contribution in [2.24, 2.45) is 0 Å². The predicted molar refractivity (Wildman–Crippen MR) is 129 cm³/mol. The van der Waals surface area contributed by atoms with Crippen LogP contribution in [0.1, 0.15) is 56.5 Å². The van der Waals surface area contributed by atoms with Gasteiger partial charge >= 0.3 is 0 Å². The van der Waals surface area contributed by atoms with Gasteiger partial charge in [-0.1, -0.05) is 0 Å². The van der Waals surface area contributed by atoms with E-state index >= 15 is 0 Å². The molecule has 4 aromatic rings. The fraction of sp³-hybridized carbons (Fsp3) is 0.385. The molecule has 0 atom stereocenters. The molecule has 4 heterocycles. The summed E-state index contributed by atoms with van der Waals surface area (Å²) in [5.41, 5.74) is 3.34. The van der Waals surface area contributed by atoms with Crippen LogP contribution in [0, 0.1) is 18.6 Å². The zero-order valence-corrected chi connectivity index (χ0v) is 19.7. The molecule has 3 aromatic heterocycles. The fourth-order valence-corrected chi connectivity index (χ4v) is 4.79. The van der Waals surface area contributed by atoms with Crippen molar-refractivity contribution in [3.05, 3.63) is 65.8 Å². The monoisotopic (exact) mass is 462 g/mol. The second-order valence-corrected chi connectivity index (χ2v) is 9.19. The molecule has 0 radical (unpaired) electrons. The Morgan fingerprint density at radius 2 is 1.65 bits per heavy atom. The molecule has 176 valence electrons. The van der Waals surface area contributed by atoms with Crippen molar-refractivity contribution in [2.45, 2.75) is 52.5 Å². The third-order valence-corrected chi connectivity index (χ3v) is 6.42. The molecule has 1 fully saturated rings. The van der Waals surface area contributed by atoms with E-state index in [4.69, 9.17) is 0 Å². The Labute approximate surface area is 197 Å². The second kappa shape index (κ2) is 9.08. The van der Waals surface area contributed by atoms with Crippen LogP contribution in [-0.2, 0) is 6.42 Å². The molecule has 0 unspecified atom stereocenters. The normalized spacial score (nSPS) is 14.4. The van der Waals surface area contributed by atoms with E-state index in [9.17, 15) is 8.78 Å². The number of halogens is 2. The summed E-state index contributed by atoms with van der Waals surface area (Å²) in [6.07, 6.45) is 8.88. The van der Waals surface area contributed by atoms with Crippen molar-refractivity contribution in [3.8, 4) is 11.1 Å². The first-order chi connectivity index (χ1) is 16.4. The van der Waals surface area contributed by atoms with Gasteiger partial charge in [-0.15, -0.1) is 0 Å². The summed E-state index contributed by atoms with van der Waals surface area (Å²) >= 11 is 0. The molecule has 5 rings (SSSR count). The van der Waals surface area contributed by atoms with Crippen molar-refractivity contribution in [2.75, 3.05) is 18.0 Å². The van der Waals surface area contributed by atoms with Gasteiger partial charge in [0.1, 0.15) is 23.0 Å². The average molecular weight is 463 g/mol. The lowest BCUT2D eigenvalue weighted by Crippen LogP contribution is -2.29. The second-order valence-electron chi connectivity index (χ2n) is 9.19. The van der Waals surface area contributed by atoms with Gasteiger partial charge in [-0.25, -0.2) is 23.7 Å². The number of pyridine rings is 1. The molecule has 8 heteroatoms. The lowest BCUT2D eigenvalue weighted by molar-refractivity contribution is 0.576. The van der Waals surface area contributed by atoms with Crippen LogP contribution in [0.15, 0.2) is 36.8 Å². The Balaban J connectivity index is 1.45. The highest BCUT2D eigenvalue weighted by molar-refractivity contribution is 5.83. The highest BCUT2D eigenvalue weighted by atomic mass is 19.1. The molecule has 1 aromatic carbocycles. The predicted octanol–water partition coefficient (Wildman–Crippen LogP) is 5.64. The van der Waals surface area contributed by atoms with Crippen molar-refractivity contribution >= 4 is 16.7 Å². The molecule has 1 saturated heterocycles. The number of hydrogen-bond donors (Lipinski definition) is 0. The molecule has 0 amide bonds. The van der Waals surface area contributed by atoms with Crippen LogP contribution in [0.3, 0.4) is 0 Å². The SMILES string of the molecule is Cc1nc2c(F)cc(-c3cc(Cc4ncc(N5CCCCC5)cn4)ncc3F)cc2n1C(C)C. The maximum atomic E-state index is 14.9. The standard InChI is InChI=1S/C26H28F2N6/c1-16(2)34-17(3)32-26-22(27)9-18(10-24(26)34)21-11-19(29-15-23(21)28)12-25-30-13-20(14-31-25)33-7-5-4-6-8-33/h9-11,13-16H,4-8,12H2,1-3H3. The third-order valence-electron chi connectivity index (χ3n) is 6.42. The van der Waals surface area contributed by atoms with Crippen LogP contribution in [0.5, 0.6) is 0 Å². The Hall–Kier alpha value is -3.42. The first-order valence-electron chi connectivity index (χ1n) is 11.8. The third kappa shape index (κ3) is 4.24. The minimum Gasteiger partial charge on any atom is -0.369 e. The molecule has 0 bridgehead atoms. The van der Waals surface area contributed by atoms with Crippen LogP contribution in [0.25, 0.3) is 22.2 Å². The van der Waals surface area contributed by atoms with Gasteiger partial charge in [0.15, 0.2) is 5.82 Å². The Bertz CT molecular complexity index is 1320. The van der Waals surface area contributed by atoms with E-state index in [-0.39, 0.29) is 6.04 Å². The number of anilines is 1. The molecular weight excluding hydrogens is 434 g/mol. The number of imidazole rings is 1. The first-order valence-corrected chi connectivity index (χ1v) is 11.8. The highest BCUT2D eigenvalue weighted by Crippen LogP contribution is 2.31. The largest absolute Gasteiger partial charge is 0.369 e. The minimum atomic E-state index is -0.504. The molecular formula is C26H28F2N6. The average Bonchev–Trinajstić information content (AvgIpc) is 3.18. The van der Waals surface area contributed by atoms with Gasteiger partial charge in [0.05, 0.1) is 36.2 Å². The number of benzene rings is 1. The highest BCUT2D eigenvalue weighted by Gasteiger charge is 2.18. The summed E-state index contributed by atoms with van der Waals surface area (Å²) in [5, 5.41) is 0. The van der Waals surface area contributed by atoms with E-state index in [0.717, 1.165) is 24.6 Å². The Morgan fingerprint density at radius 1 is 0.912 bits per heavy atom. The van der Waals surface area contributed by atoms with Crippen LogP contribution in [-0.4, -0.2) is 37.6 Å². The minimum absolute atomic E-state index is 0.0996. The van der Waals surface area contributed by atoms with Gasteiger partial charge in [0.25, 0.3) is 0 Å². The molecule has 1 aliphatic heterocycles. The summed E-state index contributed by atoms with van der Waals surface area (Å²) in [7, 11) is 0. The van der Waals surface area contributed by atoms with E-state index in [2.05, 4.69) is 24.8 Å². The lowest BCUT2D eigenvalue weighted by atomic mass is 10.0. The van der Waals surface area contributed by atoms with E-state index in [1.165, 1.54) is 31.5 Å². The number of nitrogens with zero attached hydrogens (tertiary/aromatic N) is 6. The number of fused-ring (bicyclic) bond motifs is 1. The maximum absolute atomic E-state index is 14.9. The maximum Gasteiger partial charge on any atom is 0.151 e. The Kier molecular flexibility index (Phi) is 5.98. The van der Waals surface area contributed by atoms with E-state index in [0.29, 0.717) is 40.1 Å². The van der Waals surface area contributed by atoms with Gasteiger partial charge < -0.3 is 9.47 Å². The fourth-order valence-electron chi connectivity index (χ4n) is 4.79. The van der Waals surface area contributed by atoms with Crippen molar-refractivity contribution in [1.82, 2.24) is 24.5 Å². The summed E-state index contributed by atoms with van der Waals surface area (Å²) in [5.74, 6) is 0.364. The van der Waals surface area contributed by atoms with Gasteiger partial charge in [0, 0.05) is 30.4 Å². The van der Waals surface area contributed by atoms with Gasteiger partial charge in [0.2, 0.25) is 0 Å². The number of aryl methyl sites for hydroxylation is 1. The summed E-state index contributed by atoms with van der Waals surface area (Å²) < 4.78 is 31.7. The van der Waals surface area contributed by atoms with Crippen LogP contribution < -0.4 is 4.90 Å². The molecule has 0 saturated carbocycles. The number of aromatic nitrogens is 5. The van der Waals surface area contributed by atoms with Crippen molar-refractivity contribution < 1.29 is 8.78 Å². The van der Waals surface area contributed by atoms with E-state index in [1.54, 1.807) is 12.1 Å². The number of rotatable bonds is 5. The molecule has 0 spiro atoms. The zero-order chi connectivity index (χ0) is 23.8. The zero-order valence-electron chi connectivity index (χ0n) is 19.7. The lowest BCUT2D eigenvalue weighted by Gasteiger charge is -2.28. The van der Waals surface area contributed by atoms with Crippen molar-refractivity contribution in [1.29, 1.82) is 0 Å². The summed E-state index contributed by atoms with van der Waals surface area (Å²) in [6.45, 7) is 7.94. The van der Waals surface area contributed by atoms with Crippen molar-refractivity contribution in [3.63, 3.8) is 0 Å². The van der Waals surface area contributed by atoms with Gasteiger partial charge in [-0.3, -0.25) is 4.98 Å². The summed E-state index contributed by atoms with van der Waals surface area (Å²) in [4.78, 5) is 19.9. The van der Waals surface area contributed by atoms with Gasteiger partial charge in [-0.05, 0) is 63.8 Å². The smallest absolute Gasteiger partial charge is 0.151 e. The topological polar surface area (TPSA) is 59.7 Å². The number of hydrogen-bond acceptors (Lipinski definition) is 5. The van der Waals surface area contributed by atoms with E-state index in [1.807, 2.05) is 37.7 Å². The van der Waals surface area contributed by atoms with Crippen LogP contribution >= 0.6 is 0 Å². The summed E-state index contributed by atoms with van der Waals surface area (Å²) in [6, 6.07) is 4.89. The Morgan fingerprint density at radius 3 is 2.35 bits per heavy atom. The molecule has 6 nitrogen and oxygen atoms in total. The molecule has 34 heavy (non-hydrogen) atoms. The van der Waals surface area contributed by atoms with Gasteiger partial charge in [-0.2, -0.15) is 0 Å². The number of piperidine rings is 1. The van der Waals surface area contributed by atoms with Crippen LogP contribution in [0.4, 0.5) is 14.5 Å².